The van der Waals surface area contributed by atoms with Gasteiger partial charge >= 0.3 is 6.18 Å². The molecule has 2 unspecified atom stereocenters. The van der Waals surface area contributed by atoms with Crippen molar-refractivity contribution in [2.45, 2.75) is 25.6 Å². The van der Waals surface area contributed by atoms with Crippen LogP contribution in [0.3, 0.4) is 0 Å². The summed E-state index contributed by atoms with van der Waals surface area (Å²) in [5, 5.41) is 0. The summed E-state index contributed by atoms with van der Waals surface area (Å²) >= 11 is 0. The molecule has 18 heavy (non-hydrogen) atoms. The molecule has 1 aliphatic heterocycles. The van der Waals surface area contributed by atoms with E-state index in [9.17, 15) is 13.2 Å². The first kappa shape index (κ1) is 13.1. The molecule has 100 valence electrons. The van der Waals surface area contributed by atoms with Gasteiger partial charge in [0.1, 0.15) is 5.69 Å². The average Bonchev–Trinajstić information content (AvgIpc) is 2.32. The molecule has 2 atom stereocenters. The molecule has 1 aliphatic rings. The van der Waals surface area contributed by atoms with E-state index in [2.05, 4.69) is 4.98 Å². The first-order chi connectivity index (χ1) is 8.38. The first-order valence-electron chi connectivity index (χ1n) is 5.91. The average molecular weight is 259 g/mol. The lowest BCUT2D eigenvalue weighted by Crippen LogP contribution is -2.46. The Hall–Kier alpha value is -1.30. The number of hydrogen-bond acceptors (Lipinski definition) is 3. The van der Waals surface area contributed by atoms with Gasteiger partial charge in [-0.2, -0.15) is 13.2 Å². The third-order valence-corrected chi connectivity index (χ3v) is 3.38. The summed E-state index contributed by atoms with van der Waals surface area (Å²) in [4.78, 5) is 5.50. The predicted molar refractivity (Wildman–Crippen MR) is 63.2 cm³/mol. The van der Waals surface area contributed by atoms with Gasteiger partial charge in [-0.05, 0) is 24.5 Å². The first-order valence-corrected chi connectivity index (χ1v) is 5.91. The fourth-order valence-electron chi connectivity index (χ4n) is 2.14. The number of nitrogens with two attached hydrogens (primary N) is 1. The van der Waals surface area contributed by atoms with E-state index in [1.807, 2.05) is 11.8 Å². The minimum atomic E-state index is -4.38. The molecule has 1 aromatic rings. The molecular formula is C12H16F3N3. The van der Waals surface area contributed by atoms with E-state index in [4.69, 9.17) is 5.73 Å². The van der Waals surface area contributed by atoms with Crippen molar-refractivity contribution in [3.63, 3.8) is 0 Å². The Balaban J connectivity index is 2.11. The van der Waals surface area contributed by atoms with Crippen LogP contribution in [0, 0.1) is 5.92 Å². The third-order valence-electron chi connectivity index (χ3n) is 3.38. The highest BCUT2D eigenvalue weighted by Crippen LogP contribution is 2.29. The van der Waals surface area contributed by atoms with E-state index in [0.29, 0.717) is 5.92 Å². The zero-order valence-electron chi connectivity index (χ0n) is 10.1. The fraction of sp³-hybridized carbons (Fsp3) is 0.583. The van der Waals surface area contributed by atoms with E-state index in [1.54, 1.807) is 0 Å². The Labute approximate surface area is 104 Å². The smallest absolute Gasteiger partial charge is 0.370 e. The van der Waals surface area contributed by atoms with Crippen molar-refractivity contribution in [2.75, 3.05) is 18.0 Å². The van der Waals surface area contributed by atoms with Crippen molar-refractivity contribution in [2.24, 2.45) is 11.7 Å². The molecule has 3 nitrogen and oxygen atoms in total. The van der Waals surface area contributed by atoms with Gasteiger partial charge in [-0.25, -0.2) is 4.98 Å². The molecule has 0 spiro atoms. The van der Waals surface area contributed by atoms with Crippen LogP contribution in [0.4, 0.5) is 18.9 Å². The Morgan fingerprint density at radius 2 is 2.11 bits per heavy atom. The summed E-state index contributed by atoms with van der Waals surface area (Å²) in [6.45, 7) is 3.57. The van der Waals surface area contributed by atoms with Gasteiger partial charge in [0.05, 0.1) is 11.9 Å². The standard InChI is InChI=1S/C12H16F3N3/c1-8-7-18(5-4-10(8)16)9-2-3-11(17-6-9)12(13,14)15/h2-3,6,8,10H,4-5,7,16H2,1H3. The lowest BCUT2D eigenvalue weighted by atomic mass is 9.94. The van der Waals surface area contributed by atoms with Crippen molar-refractivity contribution >= 4 is 5.69 Å². The molecule has 0 radical (unpaired) electrons. The molecule has 2 rings (SSSR count). The van der Waals surface area contributed by atoms with Gasteiger partial charge in [0, 0.05) is 19.1 Å². The lowest BCUT2D eigenvalue weighted by molar-refractivity contribution is -0.141. The van der Waals surface area contributed by atoms with E-state index in [1.165, 1.54) is 12.3 Å². The molecule has 0 bridgehead atoms. The van der Waals surface area contributed by atoms with Gasteiger partial charge in [0.25, 0.3) is 0 Å². The maximum Gasteiger partial charge on any atom is 0.433 e. The topological polar surface area (TPSA) is 42.2 Å². The van der Waals surface area contributed by atoms with Crippen LogP contribution in [0.1, 0.15) is 19.0 Å². The van der Waals surface area contributed by atoms with Gasteiger partial charge in [0.2, 0.25) is 0 Å². The minimum Gasteiger partial charge on any atom is -0.370 e. The number of piperidine rings is 1. The van der Waals surface area contributed by atoms with E-state index >= 15 is 0 Å². The Kier molecular flexibility index (Phi) is 3.47. The van der Waals surface area contributed by atoms with Gasteiger partial charge in [-0.15, -0.1) is 0 Å². The molecule has 6 heteroatoms. The molecule has 0 aromatic carbocycles. The summed E-state index contributed by atoms with van der Waals surface area (Å²) in [5.41, 5.74) is 5.78. The zero-order valence-corrected chi connectivity index (χ0v) is 10.1. The zero-order chi connectivity index (χ0) is 13.3. The van der Waals surface area contributed by atoms with Crippen molar-refractivity contribution in [3.05, 3.63) is 24.0 Å². The van der Waals surface area contributed by atoms with E-state index < -0.39 is 11.9 Å². The van der Waals surface area contributed by atoms with Crippen LogP contribution in [-0.4, -0.2) is 24.1 Å². The SMILES string of the molecule is CC1CN(c2ccc(C(F)(F)F)nc2)CCC1N. The predicted octanol–water partition coefficient (Wildman–Crippen LogP) is 2.27. The van der Waals surface area contributed by atoms with Gasteiger partial charge < -0.3 is 10.6 Å². The molecule has 1 aromatic heterocycles. The van der Waals surface area contributed by atoms with Crippen molar-refractivity contribution in [1.29, 1.82) is 0 Å². The molecule has 1 fully saturated rings. The summed E-state index contributed by atoms with van der Waals surface area (Å²) in [6.07, 6.45) is -2.25. The van der Waals surface area contributed by atoms with Crippen molar-refractivity contribution < 1.29 is 13.2 Å². The van der Waals surface area contributed by atoms with Crippen LogP contribution >= 0.6 is 0 Å². The van der Waals surface area contributed by atoms with Crippen LogP contribution in [0.25, 0.3) is 0 Å². The van der Waals surface area contributed by atoms with Crippen molar-refractivity contribution in [3.8, 4) is 0 Å². The number of anilines is 1. The second kappa shape index (κ2) is 4.76. The summed E-state index contributed by atoms with van der Waals surface area (Å²) in [6, 6.07) is 2.66. The molecule has 0 amide bonds. The minimum absolute atomic E-state index is 0.170. The maximum atomic E-state index is 12.4. The van der Waals surface area contributed by atoms with Gasteiger partial charge in [-0.1, -0.05) is 6.92 Å². The normalized spacial score (nSPS) is 25.3. The molecule has 2 N–H and O–H groups in total. The second-order valence-corrected chi connectivity index (χ2v) is 4.78. The fourth-order valence-corrected chi connectivity index (χ4v) is 2.14. The monoisotopic (exact) mass is 259 g/mol. The number of pyridine rings is 1. The van der Waals surface area contributed by atoms with E-state index in [0.717, 1.165) is 31.3 Å². The van der Waals surface area contributed by atoms with Crippen LogP contribution in [-0.2, 0) is 6.18 Å². The number of alkyl halides is 3. The Morgan fingerprint density at radius 1 is 1.39 bits per heavy atom. The number of halogens is 3. The second-order valence-electron chi connectivity index (χ2n) is 4.78. The highest BCUT2D eigenvalue weighted by atomic mass is 19.4. The number of aromatic nitrogens is 1. The maximum absolute atomic E-state index is 12.4. The van der Waals surface area contributed by atoms with Crippen LogP contribution in [0.15, 0.2) is 18.3 Å². The quantitative estimate of drug-likeness (QED) is 0.841. The lowest BCUT2D eigenvalue weighted by Gasteiger charge is -2.36. The highest BCUT2D eigenvalue weighted by molar-refractivity contribution is 5.45. The largest absolute Gasteiger partial charge is 0.433 e. The summed E-state index contributed by atoms with van der Waals surface area (Å²) in [5.74, 6) is 0.334. The molecule has 1 saturated heterocycles. The van der Waals surface area contributed by atoms with Crippen LogP contribution in [0.2, 0.25) is 0 Å². The summed E-state index contributed by atoms with van der Waals surface area (Å²) in [7, 11) is 0. The summed E-state index contributed by atoms with van der Waals surface area (Å²) < 4.78 is 37.1. The van der Waals surface area contributed by atoms with Gasteiger partial charge in [-0.3, -0.25) is 0 Å². The molecular weight excluding hydrogens is 243 g/mol. The molecule has 0 saturated carbocycles. The van der Waals surface area contributed by atoms with E-state index in [-0.39, 0.29) is 6.04 Å². The Bertz CT molecular complexity index is 402. The third kappa shape index (κ3) is 2.75. The van der Waals surface area contributed by atoms with Crippen LogP contribution < -0.4 is 10.6 Å². The number of hydrogen-bond donors (Lipinski definition) is 1. The van der Waals surface area contributed by atoms with Gasteiger partial charge in [0.15, 0.2) is 0 Å². The molecule has 2 heterocycles. The number of nitrogens with zero attached hydrogens (tertiary/aromatic N) is 2. The number of rotatable bonds is 1. The molecule has 0 aliphatic carbocycles. The van der Waals surface area contributed by atoms with Crippen molar-refractivity contribution in [1.82, 2.24) is 4.98 Å². The highest BCUT2D eigenvalue weighted by Gasteiger charge is 2.32. The Morgan fingerprint density at radius 3 is 2.61 bits per heavy atom. The van der Waals surface area contributed by atoms with Crippen LogP contribution in [0.5, 0.6) is 0 Å².